The van der Waals surface area contributed by atoms with Crippen LogP contribution in [0.3, 0.4) is 0 Å². The molecule has 0 unspecified atom stereocenters. The van der Waals surface area contributed by atoms with E-state index in [-0.39, 0.29) is 39.0 Å². The van der Waals surface area contributed by atoms with Crippen molar-refractivity contribution in [3.63, 3.8) is 0 Å². The lowest BCUT2D eigenvalue weighted by Crippen LogP contribution is -2.52. The van der Waals surface area contributed by atoms with Crippen molar-refractivity contribution in [3.8, 4) is 0 Å². The third-order valence-electron chi connectivity index (χ3n) is 7.78. The summed E-state index contributed by atoms with van der Waals surface area (Å²) in [5.41, 5.74) is 0.531. The molecule has 0 amide bonds. The second-order valence-corrected chi connectivity index (χ2v) is 18.4. The number of benzene rings is 5. The van der Waals surface area contributed by atoms with Crippen molar-refractivity contribution in [2.24, 2.45) is 0 Å². The van der Waals surface area contributed by atoms with Crippen molar-refractivity contribution in [2.75, 3.05) is 0 Å². The van der Waals surface area contributed by atoms with E-state index in [4.69, 9.17) is 0 Å². The van der Waals surface area contributed by atoms with Gasteiger partial charge in [0.2, 0.25) is 0 Å². The fourth-order valence-corrected chi connectivity index (χ4v) is 13.8. The summed E-state index contributed by atoms with van der Waals surface area (Å²) in [4.78, 5) is -1.52. The van der Waals surface area contributed by atoms with Crippen molar-refractivity contribution in [3.05, 3.63) is 157 Å². The molecule has 5 aromatic carbocycles. The van der Waals surface area contributed by atoms with Gasteiger partial charge in [-0.25, -0.2) is 33.7 Å². The number of rotatable bonds is 10. The first kappa shape index (κ1) is 32.7. The van der Waals surface area contributed by atoms with E-state index in [1.165, 1.54) is 103 Å². The van der Waals surface area contributed by atoms with Gasteiger partial charge in [-0.3, -0.25) is 0 Å². The molecule has 0 spiro atoms. The summed E-state index contributed by atoms with van der Waals surface area (Å²) in [6.45, 7) is 0. The minimum absolute atomic E-state index is 0.146. The van der Waals surface area contributed by atoms with Crippen molar-refractivity contribution in [2.45, 2.75) is 38.1 Å². The van der Waals surface area contributed by atoms with Crippen molar-refractivity contribution < 1.29 is 33.7 Å². The van der Waals surface area contributed by atoms with Crippen LogP contribution in [-0.2, 0) is 46.5 Å². The SMILES string of the molecule is O=S(=O)(c1ccccc1)N([C@@H]1Cc2ccccc2[C@H]1N(S(=O)(=O)c1ccccc1)S(=O)(=O)c1ccccc1)S(=O)(=O)c1ccccc1. The quantitative estimate of drug-likeness (QED) is 0.201. The van der Waals surface area contributed by atoms with Gasteiger partial charge in [0.05, 0.1) is 31.7 Å². The molecule has 0 radical (unpaired) electrons. The van der Waals surface area contributed by atoms with Gasteiger partial charge in [0, 0.05) is 0 Å². The molecule has 2 atom stereocenters. The standard InChI is InChI=1S/C33H28N2O8S4/c36-44(37,27-16-5-1-6-17-27)34(45(38,39)28-18-7-2-8-19-28)32-25-26-15-13-14-24-31(26)33(32)35(46(40,41)29-20-9-3-10-21-29)47(42,43)30-22-11-4-12-23-30/h1-24,32-33H,25H2/t32-,33-/m1/s1. The van der Waals surface area contributed by atoms with E-state index in [9.17, 15) is 33.7 Å². The Morgan fingerprint density at radius 3 is 1.04 bits per heavy atom. The van der Waals surface area contributed by atoms with Gasteiger partial charge < -0.3 is 0 Å². The monoisotopic (exact) mass is 708 g/mol. The zero-order chi connectivity index (χ0) is 33.5. The summed E-state index contributed by atoms with van der Waals surface area (Å²) in [5.74, 6) is 0. The molecule has 0 saturated heterocycles. The van der Waals surface area contributed by atoms with Crippen molar-refractivity contribution in [1.29, 1.82) is 0 Å². The molecule has 0 aromatic heterocycles. The zero-order valence-corrected chi connectivity index (χ0v) is 27.8. The predicted molar refractivity (Wildman–Crippen MR) is 175 cm³/mol. The molecule has 242 valence electrons. The minimum Gasteiger partial charge on any atom is -0.206 e. The summed E-state index contributed by atoms with van der Waals surface area (Å²) in [5, 5.41) is 0. The fraction of sp³-hybridized carbons (Fsp3) is 0.0909. The molecule has 5 aromatic rings. The second-order valence-electron chi connectivity index (χ2n) is 10.6. The topological polar surface area (TPSA) is 143 Å². The zero-order valence-electron chi connectivity index (χ0n) is 24.5. The maximum atomic E-state index is 14.6. The Hall–Kier alpha value is -4.18. The Balaban J connectivity index is 1.69. The Morgan fingerprint density at radius 2 is 0.681 bits per heavy atom. The molecule has 14 heteroatoms. The molecule has 47 heavy (non-hydrogen) atoms. The van der Waals surface area contributed by atoms with Gasteiger partial charge in [-0.2, -0.15) is 0 Å². The van der Waals surface area contributed by atoms with Gasteiger partial charge in [0.1, 0.15) is 0 Å². The minimum atomic E-state index is -4.99. The number of nitrogens with zero attached hydrogens (tertiary/aromatic N) is 2. The summed E-state index contributed by atoms with van der Waals surface area (Å²) in [7, 11) is -19.9. The highest BCUT2D eigenvalue weighted by molar-refractivity contribution is 8.04. The Kier molecular flexibility index (Phi) is 8.67. The second kappa shape index (κ2) is 12.4. The Labute approximate surface area is 274 Å². The third kappa shape index (κ3) is 5.81. The molecular weight excluding hydrogens is 681 g/mol. The first-order chi connectivity index (χ1) is 22.4. The maximum Gasteiger partial charge on any atom is 0.257 e. The normalized spacial score (nSPS) is 17.1. The summed E-state index contributed by atoms with van der Waals surface area (Å²) in [6, 6.07) is 30.0. The van der Waals surface area contributed by atoms with Crippen molar-refractivity contribution >= 4 is 40.1 Å². The van der Waals surface area contributed by atoms with Crippen LogP contribution in [0.1, 0.15) is 17.2 Å². The van der Waals surface area contributed by atoms with E-state index in [0.29, 0.717) is 5.56 Å². The first-order valence-electron chi connectivity index (χ1n) is 14.3. The van der Waals surface area contributed by atoms with Crippen LogP contribution in [0.25, 0.3) is 0 Å². The molecule has 1 aliphatic carbocycles. The molecule has 6 rings (SSSR count). The van der Waals surface area contributed by atoms with Gasteiger partial charge in [-0.05, 0) is 66.1 Å². The average Bonchev–Trinajstić information content (AvgIpc) is 3.43. The molecule has 10 nitrogen and oxygen atoms in total. The van der Waals surface area contributed by atoms with Gasteiger partial charge in [0.15, 0.2) is 0 Å². The lowest BCUT2D eigenvalue weighted by atomic mass is 10.1. The Morgan fingerprint density at radius 1 is 0.383 bits per heavy atom. The number of hydrogen-bond acceptors (Lipinski definition) is 8. The number of sulfonamides is 4. The highest BCUT2D eigenvalue weighted by atomic mass is 32.3. The first-order valence-corrected chi connectivity index (χ1v) is 20.0. The van der Waals surface area contributed by atoms with Crippen LogP contribution in [0.15, 0.2) is 165 Å². The molecule has 1 aliphatic rings. The molecule has 0 saturated carbocycles. The summed E-state index contributed by atoms with van der Waals surface area (Å²) < 4.78 is 117. The van der Waals surface area contributed by atoms with E-state index < -0.39 is 52.2 Å². The van der Waals surface area contributed by atoms with Gasteiger partial charge in [0.25, 0.3) is 40.1 Å². The lowest BCUT2D eigenvalue weighted by molar-refractivity contribution is 0.314. The van der Waals surface area contributed by atoms with Crippen LogP contribution in [0.2, 0.25) is 0 Å². The van der Waals surface area contributed by atoms with Crippen LogP contribution < -0.4 is 0 Å². The maximum absolute atomic E-state index is 14.6. The van der Waals surface area contributed by atoms with E-state index in [0.717, 1.165) is 0 Å². The van der Waals surface area contributed by atoms with Gasteiger partial charge in [-0.1, -0.05) is 104 Å². The molecule has 0 bridgehead atoms. The van der Waals surface area contributed by atoms with Crippen LogP contribution in [-0.4, -0.2) is 47.1 Å². The van der Waals surface area contributed by atoms with Crippen LogP contribution in [0, 0.1) is 0 Å². The lowest BCUT2D eigenvalue weighted by Gasteiger charge is -2.36. The average molecular weight is 709 g/mol. The summed E-state index contributed by atoms with van der Waals surface area (Å²) in [6.07, 6.45) is -0.315. The Bertz CT molecular complexity index is 2200. The van der Waals surface area contributed by atoms with Crippen LogP contribution in [0.5, 0.6) is 0 Å². The smallest absolute Gasteiger partial charge is 0.206 e. The van der Waals surface area contributed by atoms with Gasteiger partial charge >= 0.3 is 0 Å². The largest absolute Gasteiger partial charge is 0.257 e. The van der Waals surface area contributed by atoms with E-state index in [2.05, 4.69) is 0 Å². The van der Waals surface area contributed by atoms with E-state index in [1.807, 2.05) is 0 Å². The van der Waals surface area contributed by atoms with Gasteiger partial charge in [-0.15, -0.1) is 0 Å². The van der Waals surface area contributed by atoms with Crippen LogP contribution >= 0.6 is 0 Å². The molecule has 0 fully saturated rings. The number of fused-ring (bicyclic) bond motifs is 1. The highest BCUT2D eigenvalue weighted by Crippen LogP contribution is 2.47. The van der Waals surface area contributed by atoms with E-state index >= 15 is 0 Å². The molecule has 0 aliphatic heterocycles. The molecular formula is C33H28N2O8S4. The fourth-order valence-electron chi connectivity index (χ4n) is 5.70. The molecule has 0 heterocycles. The van der Waals surface area contributed by atoms with Crippen LogP contribution in [0.4, 0.5) is 0 Å². The molecule has 0 N–H and O–H groups in total. The van der Waals surface area contributed by atoms with E-state index in [1.54, 1.807) is 42.5 Å². The van der Waals surface area contributed by atoms with Crippen molar-refractivity contribution in [1.82, 2.24) is 7.42 Å². The highest BCUT2D eigenvalue weighted by Gasteiger charge is 2.55. The number of hydrogen-bond donors (Lipinski definition) is 0. The summed E-state index contributed by atoms with van der Waals surface area (Å²) >= 11 is 0. The third-order valence-corrected chi connectivity index (χ3v) is 16.5. The predicted octanol–water partition coefficient (Wildman–Crippen LogP) is 4.81.